The maximum atomic E-state index is 7.05. The summed E-state index contributed by atoms with van der Waals surface area (Å²) in [4.78, 5) is 0. The summed E-state index contributed by atoms with van der Waals surface area (Å²) in [5, 5.41) is 0. The highest BCUT2D eigenvalue weighted by Crippen LogP contribution is 2.71. The maximum absolute atomic E-state index is 7.05. The second kappa shape index (κ2) is 5.88. The molecular formula is C26H38O2. The zero-order valence-corrected chi connectivity index (χ0v) is 17.9. The number of allylic oxidation sites excluding steroid dienone is 2. The Morgan fingerprint density at radius 3 is 2.32 bits per heavy atom. The van der Waals surface area contributed by atoms with Crippen LogP contribution in [-0.4, -0.2) is 24.4 Å². The van der Waals surface area contributed by atoms with E-state index in [9.17, 15) is 0 Å². The third kappa shape index (κ3) is 2.13. The van der Waals surface area contributed by atoms with Crippen molar-refractivity contribution in [3.05, 3.63) is 12.2 Å². The average Bonchev–Trinajstić information content (AvgIpc) is 3.45. The molecule has 0 aromatic rings. The minimum absolute atomic E-state index is 0.518. The van der Waals surface area contributed by atoms with Crippen LogP contribution in [0, 0.1) is 65.1 Å². The fraction of sp³-hybridized carbons (Fsp3) is 0.923. The number of ether oxygens (including phenoxy) is 2. The van der Waals surface area contributed by atoms with Crippen molar-refractivity contribution in [1.82, 2.24) is 0 Å². The molecule has 6 fully saturated rings. The van der Waals surface area contributed by atoms with Crippen molar-refractivity contribution in [2.24, 2.45) is 65.1 Å². The molecule has 5 aliphatic carbocycles. The molecule has 0 amide bonds. The molecule has 2 aliphatic heterocycles. The fourth-order valence-electron chi connectivity index (χ4n) is 9.87. The Labute approximate surface area is 170 Å². The summed E-state index contributed by atoms with van der Waals surface area (Å²) in [5.74, 6) is 9.25. The number of hydrogen-bond donors (Lipinski definition) is 0. The lowest BCUT2D eigenvalue weighted by atomic mass is 9.60. The molecule has 2 saturated heterocycles. The van der Waals surface area contributed by atoms with Gasteiger partial charge in [0.05, 0.1) is 24.4 Å². The van der Waals surface area contributed by atoms with Gasteiger partial charge in [-0.1, -0.05) is 39.3 Å². The smallest absolute Gasteiger partial charge is 0.0652 e. The van der Waals surface area contributed by atoms with Gasteiger partial charge in [-0.25, -0.2) is 0 Å². The minimum atomic E-state index is 0.518. The molecule has 4 saturated carbocycles. The largest absolute Gasteiger partial charge is 0.374 e. The van der Waals surface area contributed by atoms with Crippen LogP contribution >= 0.6 is 0 Å². The molecule has 2 heterocycles. The van der Waals surface area contributed by atoms with Gasteiger partial charge in [-0.3, -0.25) is 0 Å². The second-order valence-electron chi connectivity index (χ2n) is 12.3. The van der Waals surface area contributed by atoms with E-state index in [4.69, 9.17) is 9.47 Å². The lowest BCUT2D eigenvalue weighted by Crippen LogP contribution is -2.48. The quantitative estimate of drug-likeness (QED) is 0.615. The Hall–Kier alpha value is -0.340. The Bertz CT molecular complexity index is 684. The van der Waals surface area contributed by atoms with E-state index in [1.807, 2.05) is 0 Å². The Morgan fingerprint density at radius 1 is 0.821 bits per heavy atom. The van der Waals surface area contributed by atoms with Crippen LogP contribution in [0.2, 0.25) is 0 Å². The molecule has 0 spiro atoms. The van der Waals surface area contributed by atoms with Crippen molar-refractivity contribution in [2.75, 3.05) is 0 Å². The number of rotatable bonds is 3. The molecule has 7 rings (SSSR count). The highest BCUT2D eigenvalue weighted by atomic mass is 16.5. The summed E-state index contributed by atoms with van der Waals surface area (Å²) in [7, 11) is 0. The molecule has 0 aromatic heterocycles. The molecule has 14 unspecified atom stereocenters. The van der Waals surface area contributed by atoms with Gasteiger partial charge in [0.25, 0.3) is 0 Å². The van der Waals surface area contributed by atoms with Gasteiger partial charge in [0, 0.05) is 0 Å². The van der Waals surface area contributed by atoms with Crippen molar-refractivity contribution in [3.63, 3.8) is 0 Å². The summed E-state index contributed by atoms with van der Waals surface area (Å²) in [6, 6.07) is 0. The molecule has 0 aromatic carbocycles. The molecule has 2 heteroatoms. The predicted octanol–water partition coefficient (Wildman–Crippen LogP) is 5.32. The summed E-state index contributed by atoms with van der Waals surface area (Å²) in [6.45, 7) is 7.27. The van der Waals surface area contributed by atoms with Gasteiger partial charge in [0.15, 0.2) is 0 Å². The van der Waals surface area contributed by atoms with E-state index >= 15 is 0 Å². The van der Waals surface area contributed by atoms with Crippen molar-refractivity contribution >= 4 is 0 Å². The van der Waals surface area contributed by atoms with E-state index in [1.165, 1.54) is 38.5 Å². The third-order valence-electron chi connectivity index (χ3n) is 10.8. The number of fused-ring (bicyclic) bond motifs is 16. The van der Waals surface area contributed by atoms with E-state index < -0.39 is 0 Å². The van der Waals surface area contributed by atoms with Crippen LogP contribution in [0.25, 0.3) is 0 Å². The fourth-order valence-corrected chi connectivity index (χ4v) is 9.87. The van der Waals surface area contributed by atoms with Crippen molar-refractivity contribution in [2.45, 2.75) is 83.7 Å². The Morgan fingerprint density at radius 2 is 1.57 bits per heavy atom. The SMILES string of the molecule is CC1CCC(C(C)C)C(OC2CC3CC2C2C4OC(C5C6C=CC(C6)C45)C32)C1. The van der Waals surface area contributed by atoms with Gasteiger partial charge >= 0.3 is 0 Å². The summed E-state index contributed by atoms with van der Waals surface area (Å²) >= 11 is 0. The van der Waals surface area contributed by atoms with E-state index in [0.717, 1.165) is 65.1 Å². The third-order valence-corrected chi connectivity index (χ3v) is 10.8. The van der Waals surface area contributed by atoms with Crippen molar-refractivity contribution in [1.29, 1.82) is 0 Å². The molecule has 14 atom stereocenters. The molecule has 0 N–H and O–H groups in total. The van der Waals surface area contributed by atoms with E-state index in [1.54, 1.807) is 0 Å². The van der Waals surface area contributed by atoms with E-state index in [0.29, 0.717) is 24.4 Å². The van der Waals surface area contributed by atoms with E-state index in [-0.39, 0.29) is 0 Å². The zero-order valence-electron chi connectivity index (χ0n) is 17.9. The molecule has 2 nitrogen and oxygen atoms in total. The van der Waals surface area contributed by atoms with Gasteiger partial charge in [-0.15, -0.1) is 0 Å². The first-order valence-electron chi connectivity index (χ1n) is 12.6. The molecule has 6 bridgehead atoms. The first-order valence-corrected chi connectivity index (χ1v) is 12.6. The lowest BCUT2D eigenvalue weighted by molar-refractivity contribution is -0.115. The molecule has 7 aliphatic rings. The van der Waals surface area contributed by atoms with Gasteiger partial charge in [-0.2, -0.15) is 0 Å². The minimum Gasteiger partial charge on any atom is -0.374 e. The Kier molecular flexibility index (Phi) is 3.64. The standard InChI is InChI=1S/C26H38O2/c1-12(2)17-7-4-13(3)8-19(17)27-20-11-16-10-18(20)24-23(16)25-21-14-5-6-15(9-14)22(21)26(24)28-25/h5-6,12-26H,4,7-11H2,1-3H3. The summed E-state index contributed by atoms with van der Waals surface area (Å²) in [6.07, 6.45) is 15.6. The van der Waals surface area contributed by atoms with Crippen LogP contribution in [-0.2, 0) is 9.47 Å². The summed E-state index contributed by atoms with van der Waals surface area (Å²) in [5.41, 5.74) is 0. The van der Waals surface area contributed by atoms with Gasteiger partial charge in [-0.05, 0) is 97.2 Å². The molecule has 0 radical (unpaired) electrons. The maximum Gasteiger partial charge on any atom is 0.0652 e. The van der Waals surface area contributed by atoms with Crippen LogP contribution in [0.3, 0.4) is 0 Å². The van der Waals surface area contributed by atoms with Crippen molar-refractivity contribution < 1.29 is 9.47 Å². The zero-order chi connectivity index (χ0) is 18.7. The second-order valence-corrected chi connectivity index (χ2v) is 12.3. The van der Waals surface area contributed by atoms with Gasteiger partial charge in [0.1, 0.15) is 0 Å². The predicted molar refractivity (Wildman–Crippen MR) is 110 cm³/mol. The monoisotopic (exact) mass is 382 g/mol. The summed E-state index contributed by atoms with van der Waals surface area (Å²) < 4.78 is 13.8. The molecule has 154 valence electrons. The Balaban J connectivity index is 1.12. The first kappa shape index (κ1) is 17.4. The van der Waals surface area contributed by atoms with Crippen LogP contribution in [0.15, 0.2) is 12.2 Å². The van der Waals surface area contributed by atoms with Crippen LogP contribution in [0.4, 0.5) is 0 Å². The van der Waals surface area contributed by atoms with E-state index in [2.05, 4.69) is 32.9 Å². The first-order chi connectivity index (χ1) is 13.6. The normalized spacial score (nSPS) is 62.9. The average molecular weight is 383 g/mol. The molecular weight excluding hydrogens is 344 g/mol. The van der Waals surface area contributed by atoms with Gasteiger partial charge < -0.3 is 9.47 Å². The van der Waals surface area contributed by atoms with Crippen LogP contribution in [0.5, 0.6) is 0 Å². The molecule has 28 heavy (non-hydrogen) atoms. The topological polar surface area (TPSA) is 18.5 Å². The number of hydrogen-bond acceptors (Lipinski definition) is 2. The van der Waals surface area contributed by atoms with Gasteiger partial charge in [0.2, 0.25) is 0 Å². The van der Waals surface area contributed by atoms with Crippen molar-refractivity contribution in [3.8, 4) is 0 Å². The van der Waals surface area contributed by atoms with Crippen LogP contribution < -0.4 is 0 Å². The highest BCUT2D eigenvalue weighted by Gasteiger charge is 2.72. The van der Waals surface area contributed by atoms with Crippen LogP contribution in [0.1, 0.15) is 59.3 Å². The lowest BCUT2D eigenvalue weighted by Gasteiger charge is -2.45. The highest BCUT2D eigenvalue weighted by molar-refractivity contribution is 5.25.